The molecule has 0 unspecified atom stereocenters. The molecule has 2 amide bonds. The average molecular weight is 564 g/mol. The molecule has 0 aliphatic heterocycles. The van der Waals surface area contributed by atoms with Crippen molar-refractivity contribution >= 4 is 35.1 Å². The lowest BCUT2D eigenvalue weighted by atomic mass is 10.2. The fourth-order valence-corrected chi connectivity index (χ4v) is 3.61. The van der Waals surface area contributed by atoms with E-state index in [0.29, 0.717) is 47.0 Å². The van der Waals surface area contributed by atoms with Crippen LogP contribution in [0.15, 0.2) is 60.8 Å². The Hall–Kier alpha value is -5.26. The van der Waals surface area contributed by atoms with E-state index in [1.807, 2.05) is 19.0 Å². The van der Waals surface area contributed by atoms with Crippen molar-refractivity contribution in [1.29, 1.82) is 5.26 Å². The molecule has 0 radical (unpaired) electrons. The number of anilines is 4. The first-order valence-electron chi connectivity index (χ1n) is 13.5. The minimum Gasteiger partial charge on any atom is -0.366 e. The number of likely N-dealkylation sites (N-methyl/N-ethyl adjacent to an activating group) is 2. The number of nitrogens with zero attached hydrogens (tertiary/aromatic N) is 6. The minimum absolute atomic E-state index is 0.261. The number of rotatable bonds is 10. The van der Waals surface area contributed by atoms with Gasteiger partial charge in [0.2, 0.25) is 17.8 Å². The standard InChI is InChI=1S/C31H33N9O2/c1-21(40(4)28(41)9-6-18-39(2)3)30(42)37-27-8-5-7-24(34-27)15-12-23-20-33-31(38-29(23)35-25-16-17-25)36-26-13-10-22(19-32)11-14-26/h5-11,13-14,20-21,25H,16-18H2,1-4H3,(H,34,37,42)(H2,33,35,36,38)/b9-6+/t21-/m0/s1. The van der Waals surface area contributed by atoms with E-state index in [1.54, 1.807) is 68.7 Å². The molecule has 1 fully saturated rings. The van der Waals surface area contributed by atoms with Crippen molar-refractivity contribution in [3.8, 4) is 17.9 Å². The molecule has 42 heavy (non-hydrogen) atoms. The molecule has 4 rings (SSSR count). The van der Waals surface area contributed by atoms with Gasteiger partial charge in [0.1, 0.15) is 23.4 Å². The van der Waals surface area contributed by atoms with E-state index in [9.17, 15) is 9.59 Å². The molecule has 1 saturated carbocycles. The molecule has 3 N–H and O–H groups in total. The summed E-state index contributed by atoms with van der Waals surface area (Å²) in [5, 5.41) is 18.3. The topological polar surface area (TPSA) is 139 Å². The van der Waals surface area contributed by atoms with Crippen molar-refractivity contribution in [2.45, 2.75) is 31.8 Å². The van der Waals surface area contributed by atoms with Crippen LogP contribution in [0.1, 0.15) is 36.6 Å². The Balaban J connectivity index is 1.44. The van der Waals surface area contributed by atoms with Crippen molar-refractivity contribution in [2.24, 2.45) is 0 Å². The molecule has 3 aromatic rings. The maximum absolute atomic E-state index is 12.8. The Morgan fingerprint density at radius 2 is 1.86 bits per heavy atom. The normalized spacial score (nSPS) is 13.0. The minimum atomic E-state index is -0.706. The fraction of sp³-hybridized carbons (Fsp3) is 0.290. The van der Waals surface area contributed by atoms with Crippen LogP contribution in [-0.2, 0) is 9.59 Å². The first kappa shape index (κ1) is 29.7. The molecule has 0 spiro atoms. The van der Waals surface area contributed by atoms with E-state index in [-0.39, 0.29) is 11.8 Å². The number of pyridine rings is 1. The van der Waals surface area contributed by atoms with Gasteiger partial charge in [-0.15, -0.1) is 0 Å². The summed E-state index contributed by atoms with van der Waals surface area (Å²) in [6, 6.07) is 13.9. The van der Waals surface area contributed by atoms with Gasteiger partial charge < -0.3 is 25.8 Å². The van der Waals surface area contributed by atoms with Crippen LogP contribution in [0.3, 0.4) is 0 Å². The molecule has 1 aromatic carbocycles. The van der Waals surface area contributed by atoms with Gasteiger partial charge in [0.15, 0.2) is 0 Å². The SMILES string of the molecule is C[C@@H](C(=O)Nc1cccc(C#Cc2cnc(Nc3ccc(C#N)cc3)nc2NC2CC2)n1)N(C)C(=O)/C=C/CN(C)C. The van der Waals surface area contributed by atoms with Gasteiger partial charge in [-0.1, -0.05) is 18.1 Å². The lowest BCUT2D eigenvalue weighted by molar-refractivity contribution is -0.132. The quantitative estimate of drug-likeness (QED) is 0.250. The largest absolute Gasteiger partial charge is 0.366 e. The highest BCUT2D eigenvalue weighted by Gasteiger charge is 2.23. The summed E-state index contributed by atoms with van der Waals surface area (Å²) < 4.78 is 0. The molecule has 1 aliphatic carbocycles. The lowest BCUT2D eigenvalue weighted by Gasteiger charge is -2.22. The van der Waals surface area contributed by atoms with Gasteiger partial charge in [-0.2, -0.15) is 10.2 Å². The van der Waals surface area contributed by atoms with Crippen LogP contribution in [0, 0.1) is 23.2 Å². The molecule has 0 bridgehead atoms. The number of nitriles is 1. The highest BCUT2D eigenvalue weighted by atomic mass is 16.2. The van der Waals surface area contributed by atoms with Gasteiger partial charge in [0, 0.05) is 31.4 Å². The van der Waals surface area contributed by atoms with Gasteiger partial charge in [0.25, 0.3) is 0 Å². The van der Waals surface area contributed by atoms with E-state index >= 15 is 0 Å². The number of hydrogen-bond donors (Lipinski definition) is 3. The number of aromatic nitrogens is 3. The Kier molecular flexibility index (Phi) is 9.82. The molecule has 11 nitrogen and oxygen atoms in total. The summed E-state index contributed by atoms with van der Waals surface area (Å²) in [5.41, 5.74) is 2.40. The van der Waals surface area contributed by atoms with Crippen LogP contribution in [-0.4, -0.2) is 76.3 Å². The third kappa shape index (κ3) is 8.62. The summed E-state index contributed by atoms with van der Waals surface area (Å²) in [6.07, 6.45) is 6.98. The van der Waals surface area contributed by atoms with Crippen molar-refractivity contribution in [1.82, 2.24) is 24.8 Å². The highest BCUT2D eigenvalue weighted by Crippen LogP contribution is 2.26. The van der Waals surface area contributed by atoms with E-state index in [0.717, 1.165) is 18.5 Å². The average Bonchev–Trinajstić information content (AvgIpc) is 3.80. The molecular weight excluding hydrogens is 530 g/mol. The van der Waals surface area contributed by atoms with Crippen LogP contribution in [0.5, 0.6) is 0 Å². The first-order chi connectivity index (χ1) is 20.2. The van der Waals surface area contributed by atoms with Crippen LogP contribution in [0.25, 0.3) is 0 Å². The number of carbonyl (C=O) groups excluding carboxylic acids is 2. The van der Waals surface area contributed by atoms with Gasteiger partial charge in [-0.05, 0) is 76.2 Å². The Bertz CT molecular complexity index is 1560. The van der Waals surface area contributed by atoms with Gasteiger partial charge in [0.05, 0.1) is 23.4 Å². The van der Waals surface area contributed by atoms with Crippen LogP contribution in [0.4, 0.5) is 23.3 Å². The number of benzene rings is 1. The molecular formula is C31H33N9O2. The molecule has 2 heterocycles. The van der Waals surface area contributed by atoms with Gasteiger partial charge in [-0.25, -0.2) is 9.97 Å². The second kappa shape index (κ2) is 13.9. The van der Waals surface area contributed by atoms with Crippen molar-refractivity contribution < 1.29 is 9.59 Å². The maximum atomic E-state index is 12.8. The maximum Gasteiger partial charge on any atom is 0.248 e. The molecule has 0 saturated heterocycles. The van der Waals surface area contributed by atoms with Crippen molar-refractivity contribution in [2.75, 3.05) is 43.6 Å². The number of amides is 2. The summed E-state index contributed by atoms with van der Waals surface area (Å²) in [6.45, 7) is 2.28. The summed E-state index contributed by atoms with van der Waals surface area (Å²) in [4.78, 5) is 42.0. The third-order valence-electron chi connectivity index (χ3n) is 6.34. The fourth-order valence-electron chi connectivity index (χ4n) is 3.61. The summed E-state index contributed by atoms with van der Waals surface area (Å²) in [5.74, 6) is 6.85. The Morgan fingerprint density at radius 1 is 1.10 bits per heavy atom. The smallest absolute Gasteiger partial charge is 0.248 e. The van der Waals surface area contributed by atoms with E-state index in [4.69, 9.17) is 5.26 Å². The monoisotopic (exact) mass is 563 g/mol. The number of nitrogens with one attached hydrogen (secondary N) is 3. The first-order valence-corrected chi connectivity index (χ1v) is 13.5. The highest BCUT2D eigenvalue weighted by molar-refractivity contribution is 5.98. The zero-order valence-corrected chi connectivity index (χ0v) is 24.0. The summed E-state index contributed by atoms with van der Waals surface area (Å²) in [7, 11) is 5.40. The zero-order chi connectivity index (χ0) is 30.1. The predicted octanol–water partition coefficient (Wildman–Crippen LogP) is 3.36. The molecule has 214 valence electrons. The molecule has 2 aromatic heterocycles. The second-order valence-electron chi connectivity index (χ2n) is 10.1. The van der Waals surface area contributed by atoms with Gasteiger partial charge >= 0.3 is 0 Å². The van der Waals surface area contributed by atoms with E-state index < -0.39 is 6.04 Å². The Morgan fingerprint density at radius 3 is 2.55 bits per heavy atom. The lowest BCUT2D eigenvalue weighted by Crippen LogP contribution is -2.42. The van der Waals surface area contributed by atoms with E-state index in [2.05, 4.69) is 48.8 Å². The Labute approximate surface area is 245 Å². The summed E-state index contributed by atoms with van der Waals surface area (Å²) >= 11 is 0. The van der Waals surface area contributed by atoms with E-state index in [1.165, 1.54) is 11.0 Å². The molecule has 11 heteroatoms. The van der Waals surface area contributed by atoms with Crippen molar-refractivity contribution in [3.05, 3.63) is 77.6 Å². The molecule has 1 aliphatic rings. The number of carbonyl (C=O) groups is 2. The zero-order valence-electron chi connectivity index (χ0n) is 24.0. The third-order valence-corrected chi connectivity index (χ3v) is 6.34. The number of hydrogen-bond acceptors (Lipinski definition) is 9. The van der Waals surface area contributed by atoms with Crippen LogP contribution in [0.2, 0.25) is 0 Å². The van der Waals surface area contributed by atoms with Gasteiger partial charge in [-0.3, -0.25) is 9.59 Å². The predicted molar refractivity (Wildman–Crippen MR) is 162 cm³/mol. The second-order valence-corrected chi connectivity index (χ2v) is 10.1. The van der Waals surface area contributed by atoms with Crippen LogP contribution >= 0.6 is 0 Å². The van der Waals surface area contributed by atoms with Crippen molar-refractivity contribution in [3.63, 3.8) is 0 Å². The van der Waals surface area contributed by atoms with Crippen LogP contribution < -0.4 is 16.0 Å². The molecule has 1 atom stereocenters.